The number of anilines is 2. The molecule has 2 rings (SSSR count). The fourth-order valence-electron chi connectivity index (χ4n) is 1.44. The maximum absolute atomic E-state index is 11.9. The number of nitrogens with one attached hydrogen (secondary N) is 1. The van der Waals surface area contributed by atoms with E-state index in [2.05, 4.69) is 10.3 Å². The molecular weight excluding hydrogens is 250 g/mol. The number of phenols is 1. The van der Waals surface area contributed by atoms with Crippen molar-refractivity contribution >= 4 is 28.1 Å². The molecule has 6 heteroatoms. The van der Waals surface area contributed by atoms with Crippen molar-refractivity contribution < 1.29 is 9.90 Å². The highest BCUT2D eigenvalue weighted by atomic mass is 32.1. The number of aryl methyl sites for hydroxylation is 2. The largest absolute Gasteiger partial charge is 0.505 e. The van der Waals surface area contributed by atoms with E-state index in [9.17, 15) is 9.90 Å². The van der Waals surface area contributed by atoms with E-state index in [1.54, 1.807) is 6.07 Å². The van der Waals surface area contributed by atoms with E-state index < -0.39 is 5.91 Å². The molecule has 0 fully saturated rings. The minimum absolute atomic E-state index is 0.139. The van der Waals surface area contributed by atoms with Gasteiger partial charge < -0.3 is 10.8 Å². The van der Waals surface area contributed by atoms with Crippen LogP contribution in [0, 0.1) is 13.8 Å². The smallest absolute Gasteiger partial charge is 0.261 e. The van der Waals surface area contributed by atoms with Crippen molar-refractivity contribution in [1.29, 1.82) is 0 Å². The van der Waals surface area contributed by atoms with Crippen molar-refractivity contribution in [2.45, 2.75) is 13.8 Å². The predicted octanol–water partition coefficient (Wildman–Crippen LogP) is 2.30. The molecule has 4 N–H and O–H groups in total. The van der Waals surface area contributed by atoms with Crippen molar-refractivity contribution in [2.24, 2.45) is 0 Å². The quantitative estimate of drug-likeness (QED) is 0.573. The number of aromatic nitrogens is 1. The first-order valence-electron chi connectivity index (χ1n) is 5.32. The van der Waals surface area contributed by atoms with Gasteiger partial charge >= 0.3 is 0 Å². The van der Waals surface area contributed by atoms with E-state index in [0.29, 0.717) is 5.13 Å². The highest BCUT2D eigenvalue weighted by molar-refractivity contribution is 7.15. The number of amides is 1. The number of benzene rings is 1. The Labute approximate surface area is 108 Å². The third kappa shape index (κ3) is 2.28. The lowest BCUT2D eigenvalue weighted by Crippen LogP contribution is -2.12. The van der Waals surface area contributed by atoms with Gasteiger partial charge in [0.1, 0.15) is 0 Å². The second-order valence-electron chi connectivity index (χ2n) is 3.86. The Kier molecular flexibility index (Phi) is 3.20. The van der Waals surface area contributed by atoms with Gasteiger partial charge in [-0.05, 0) is 26.0 Å². The van der Waals surface area contributed by atoms with Crippen LogP contribution >= 0.6 is 11.3 Å². The standard InChI is InChI=1S/C12H13N3O2S/c1-6-7(2)18-12(14-6)15-11(17)8-4-3-5-9(13)10(8)16/h3-5,16H,13H2,1-2H3,(H,14,15,17). The zero-order valence-electron chi connectivity index (χ0n) is 10.0. The first kappa shape index (κ1) is 12.4. The van der Waals surface area contributed by atoms with Gasteiger partial charge in [-0.2, -0.15) is 0 Å². The predicted molar refractivity (Wildman–Crippen MR) is 72.1 cm³/mol. The van der Waals surface area contributed by atoms with Gasteiger partial charge in [-0.1, -0.05) is 6.07 Å². The molecule has 1 heterocycles. The molecule has 0 aliphatic carbocycles. The van der Waals surface area contributed by atoms with Crippen molar-refractivity contribution in [3.8, 4) is 5.75 Å². The Balaban J connectivity index is 2.24. The summed E-state index contributed by atoms with van der Waals surface area (Å²) in [6, 6.07) is 4.65. The third-order valence-electron chi connectivity index (χ3n) is 2.56. The van der Waals surface area contributed by atoms with Gasteiger partial charge in [-0.3, -0.25) is 10.1 Å². The van der Waals surface area contributed by atoms with Gasteiger partial charge in [0, 0.05) is 4.88 Å². The molecule has 5 nitrogen and oxygen atoms in total. The summed E-state index contributed by atoms with van der Waals surface area (Å²) in [7, 11) is 0. The van der Waals surface area contributed by atoms with Gasteiger partial charge in [0.15, 0.2) is 10.9 Å². The summed E-state index contributed by atoms with van der Waals surface area (Å²) in [4.78, 5) is 17.2. The number of nitrogens with two attached hydrogens (primary N) is 1. The topological polar surface area (TPSA) is 88.2 Å². The Hall–Kier alpha value is -2.08. The van der Waals surface area contributed by atoms with Gasteiger partial charge in [0.05, 0.1) is 16.9 Å². The van der Waals surface area contributed by atoms with Crippen LogP contribution in [-0.2, 0) is 0 Å². The second-order valence-corrected chi connectivity index (χ2v) is 5.06. The maximum atomic E-state index is 11.9. The zero-order chi connectivity index (χ0) is 13.3. The molecule has 0 saturated carbocycles. The first-order chi connectivity index (χ1) is 8.49. The molecular formula is C12H13N3O2S. The van der Waals surface area contributed by atoms with Crippen molar-refractivity contribution in [3.63, 3.8) is 0 Å². The number of thiazole rings is 1. The Bertz CT molecular complexity index is 588. The molecule has 1 aromatic heterocycles. The summed E-state index contributed by atoms with van der Waals surface area (Å²) in [6.07, 6.45) is 0. The molecule has 0 spiro atoms. The average molecular weight is 263 g/mol. The second kappa shape index (κ2) is 4.66. The van der Waals surface area contributed by atoms with E-state index in [0.717, 1.165) is 10.6 Å². The minimum atomic E-state index is -0.423. The summed E-state index contributed by atoms with van der Waals surface area (Å²) in [6.45, 7) is 3.81. The van der Waals surface area contributed by atoms with Crippen molar-refractivity contribution in [3.05, 3.63) is 34.3 Å². The van der Waals surface area contributed by atoms with Gasteiger partial charge in [-0.15, -0.1) is 11.3 Å². The van der Waals surface area contributed by atoms with Crippen LogP contribution in [0.3, 0.4) is 0 Å². The first-order valence-corrected chi connectivity index (χ1v) is 6.13. The number of hydrogen-bond donors (Lipinski definition) is 3. The highest BCUT2D eigenvalue weighted by Crippen LogP contribution is 2.26. The minimum Gasteiger partial charge on any atom is -0.505 e. The number of para-hydroxylation sites is 1. The number of nitrogens with zero attached hydrogens (tertiary/aromatic N) is 1. The van der Waals surface area contributed by atoms with Crippen LogP contribution < -0.4 is 11.1 Å². The monoisotopic (exact) mass is 263 g/mol. The van der Waals surface area contributed by atoms with Crippen molar-refractivity contribution in [2.75, 3.05) is 11.1 Å². The molecule has 0 aliphatic rings. The molecule has 0 bridgehead atoms. The molecule has 0 saturated heterocycles. The van der Waals surface area contributed by atoms with E-state index in [4.69, 9.17) is 5.73 Å². The normalized spacial score (nSPS) is 10.3. The summed E-state index contributed by atoms with van der Waals surface area (Å²) in [5, 5.41) is 12.9. The number of carbonyl (C=O) groups is 1. The number of carbonyl (C=O) groups excluding carboxylic acids is 1. The number of hydrogen-bond acceptors (Lipinski definition) is 5. The van der Waals surface area contributed by atoms with Crippen LogP contribution in [0.25, 0.3) is 0 Å². The lowest BCUT2D eigenvalue weighted by atomic mass is 10.1. The molecule has 0 aliphatic heterocycles. The molecule has 0 unspecified atom stereocenters. The zero-order valence-corrected chi connectivity index (χ0v) is 10.8. The SMILES string of the molecule is Cc1nc(NC(=O)c2cccc(N)c2O)sc1C. The van der Waals surface area contributed by atoms with Crippen LogP contribution in [0.2, 0.25) is 0 Å². The Morgan fingerprint density at radius 3 is 2.78 bits per heavy atom. The maximum Gasteiger partial charge on any atom is 0.261 e. The van der Waals surface area contributed by atoms with E-state index in [1.807, 2.05) is 13.8 Å². The fourth-order valence-corrected chi connectivity index (χ4v) is 2.24. The molecule has 0 radical (unpaired) electrons. The van der Waals surface area contributed by atoms with Crippen LogP contribution in [0.15, 0.2) is 18.2 Å². The number of phenolic OH excluding ortho intramolecular Hbond substituents is 1. The summed E-state index contributed by atoms with van der Waals surface area (Å²) in [5.41, 5.74) is 6.73. The van der Waals surface area contributed by atoms with Gasteiger partial charge in [0.2, 0.25) is 0 Å². The highest BCUT2D eigenvalue weighted by Gasteiger charge is 2.14. The van der Waals surface area contributed by atoms with Crippen LogP contribution in [0.4, 0.5) is 10.8 Å². The fraction of sp³-hybridized carbons (Fsp3) is 0.167. The number of aromatic hydroxyl groups is 1. The van der Waals surface area contributed by atoms with E-state index in [1.165, 1.54) is 23.5 Å². The van der Waals surface area contributed by atoms with E-state index >= 15 is 0 Å². The van der Waals surface area contributed by atoms with Crippen LogP contribution in [0.5, 0.6) is 5.75 Å². The summed E-state index contributed by atoms with van der Waals surface area (Å²) in [5.74, 6) is -0.631. The molecule has 18 heavy (non-hydrogen) atoms. The van der Waals surface area contributed by atoms with Crippen LogP contribution in [-0.4, -0.2) is 16.0 Å². The molecule has 0 atom stereocenters. The molecule has 94 valence electrons. The molecule has 1 amide bonds. The Morgan fingerprint density at radius 1 is 1.44 bits per heavy atom. The number of rotatable bonds is 2. The van der Waals surface area contributed by atoms with Gasteiger partial charge in [-0.25, -0.2) is 4.98 Å². The average Bonchev–Trinajstić information content (AvgIpc) is 2.61. The lowest BCUT2D eigenvalue weighted by molar-refractivity contribution is 0.102. The molecule has 1 aromatic carbocycles. The third-order valence-corrected chi connectivity index (χ3v) is 3.55. The Morgan fingerprint density at radius 2 is 2.17 bits per heavy atom. The van der Waals surface area contributed by atoms with Crippen LogP contribution in [0.1, 0.15) is 20.9 Å². The van der Waals surface area contributed by atoms with E-state index in [-0.39, 0.29) is 17.0 Å². The lowest BCUT2D eigenvalue weighted by Gasteiger charge is -2.05. The van der Waals surface area contributed by atoms with Crippen molar-refractivity contribution in [1.82, 2.24) is 4.98 Å². The number of nitrogen functional groups attached to an aromatic ring is 1. The summed E-state index contributed by atoms with van der Waals surface area (Å²) < 4.78 is 0. The van der Waals surface area contributed by atoms with Gasteiger partial charge in [0.25, 0.3) is 5.91 Å². The summed E-state index contributed by atoms with van der Waals surface area (Å²) >= 11 is 1.39. The molecule has 2 aromatic rings.